The Balaban J connectivity index is 2.18. The van der Waals surface area contributed by atoms with Crippen molar-refractivity contribution >= 4 is 28.6 Å². The normalized spacial score (nSPS) is 12.5. The number of aromatic nitrogens is 1. The van der Waals surface area contributed by atoms with Gasteiger partial charge < -0.3 is 10.1 Å². The molecule has 4 nitrogen and oxygen atoms in total. The molecule has 1 N–H and O–H groups in total. The quantitative estimate of drug-likeness (QED) is 0.677. The van der Waals surface area contributed by atoms with Gasteiger partial charge in [0.2, 0.25) is 5.44 Å². The standard InChI is InChI=1S/C18H20N2O2S/c1-6-18(3,4)20-16(21)17(23-5)22-14-7-8-15-13(10-14)9-12(2)11-19-15/h1,7-11,17H,2-5H3,(H,20,21). The molecule has 0 radical (unpaired) electrons. The molecule has 0 saturated heterocycles. The summed E-state index contributed by atoms with van der Waals surface area (Å²) in [6.07, 6.45) is 9.05. The summed E-state index contributed by atoms with van der Waals surface area (Å²) in [6.45, 7) is 5.53. The molecule has 23 heavy (non-hydrogen) atoms. The number of carbonyl (C=O) groups excluding carboxylic acids is 1. The van der Waals surface area contributed by atoms with Gasteiger partial charge in [-0.25, -0.2) is 0 Å². The topological polar surface area (TPSA) is 51.2 Å². The molecule has 0 aliphatic carbocycles. The van der Waals surface area contributed by atoms with Crippen LogP contribution in [0.4, 0.5) is 0 Å². The van der Waals surface area contributed by atoms with Gasteiger partial charge in [0.25, 0.3) is 5.91 Å². The van der Waals surface area contributed by atoms with Gasteiger partial charge >= 0.3 is 0 Å². The zero-order valence-electron chi connectivity index (χ0n) is 13.7. The van der Waals surface area contributed by atoms with Crippen molar-refractivity contribution in [3.8, 4) is 18.1 Å². The molecular weight excluding hydrogens is 308 g/mol. The van der Waals surface area contributed by atoms with E-state index < -0.39 is 11.0 Å². The smallest absolute Gasteiger partial charge is 0.272 e. The number of hydrogen-bond acceptors (Lipinski definition) is 4. The van der Waals surface area contributed by atoms with Crippen LogP contribution >= 0.6 is 11.8 Å². The van der Waals surface area contributed by atoms with Crippen LogP contribution in [0.2, 0.25) is 0 Å². The summed E-state index contributed by atoms with van der Waals surface area (Å²) in [7, 11) is 0. The Hall–Kier alpha value is -2.19. The van der Waals surface area contributed by atoms with E-state index in [-0.39, 0.29) is 5.91 Å². The summed E-state index contributed by atoms with van der Waals surface area (Å²) in [5.41, 5.74) is 0.586. The van der Waals surface area contributed by atoms with Crippen molar-refractivity contribution in [3.63, 3.8) is 0 Å². The molecule has 5 heteroatoms. The van der Waals surface area contributed by atoms with E-state index >= 15 is 0 Å². The number of carbonyl (C=O) groups is 1. The number of ether oxygens (including phenoxy) is 1. The van der Waals surface area contributed by atoms with Crippen LogP contribution < -0.4 is 10.1 Å². The Morgan fingerprint density at radius 3 is 2.83 bits per heavy atom. The molecule has 0 saturated carbocycles. The molecule has 0 bridgehead atoms. The Bertz CT molecular complexity index is 765. The number of hydrogen-bond donors (Lipinski definition) is 1. The van der Waals surface area contributed by atoms with Crippen LogP contribution in [0.5, 0.6) is 5.75 Å². The van der Waals surface area contributed by atoms with E-state index in [2.05, 4.69) is 16.2 Å². The molecule has 1 atom stereocenters. The lowest BCUT2D eigenvalue weighted by Gasteiger charge is -2.23. The SMILES string of the molecule is C#CC(C)(C)NC(=O)C(Oc1ccc2ncc(C)cc2c1)SC. The van der Waals surface area contributed by atoms with Gasteiger partial charge in [-0.2, -0.15) is 0 Å². The molecule has 1 aromatic heterocycles. The maximum Gasteiger partial charge on any atom is 0.272 e. The van der Waals surface area contributed by atoms with Crippen molar-refractivity contribution in [3.05, 3.63) is 36.0 Å². The fourth-order valence-electron chi connectivity index (χ4n) is 2.03. The Labute approximate surface area is 141 Å². The molecule has 1 amide bonds. The molecule has 0 aliphatic heterocycles. The van der Waals surface area contributed by atoms with Crippen LogP contribution in [0, 0.1) is 19.3 Å². The van der Waals surface area contributed by atoms with Crippen molar-refractivity contribution in [2.24, 2.45) is 0 Å². The zero-order chi connectivity index (χ0) is 17.0. The minimum atomic E-state index is -0.709. The number of rotatable bonds is 5. The zero-order valence-corrected chi connectivity index (χ0v) is 14.5. The minimum Gasteiger partial charge on any atom is -0.470 e. The third-order valence-corrected chi connectivity index (χ3v) is 4.00. The molecule has 2 rings (SSSR count). The summed E-state index contributed by atoms with van der Waals surface area (Å²) in [6, 6.07) is 7.61. The number of pyridine rings is 1. The molecule has 120 valence electrons. The van der Waals surface area contributed by atoms with Gasteiger partial charge in [0.05, 0.1) is 11.1 Å². The highest BCUT2D eigenvalue weighted by Gasteiger charge is 2.25. The third-order valence-electron chi connectivity index (χ3n) is 3.26. The summed E-state index contributed by atoms with van der Waals surface area (Å²) < 4.78 is 5.82. The number of benzene rings is 1. The van der Waals surface area contributed by atoms with Gasteiger partial charge in [-0.3, -0.25) is 9.78 Å². The number of aryl methyl sites for hydroxylation is 1. The molecular formula is C18H20N2O2S. The Morgan fingerprint density at radius 2 is 2.17 bits per heavy atom. The van der Waals surface area contributed by atoms with Gasteiger partial charge in [-0.15, -0.1) is 18.2 Å². The number of fused-ring (bicyclic) bond motifs is 1. The molecule has 0 spiro atoms. The van der Waals surface area contributed by atoms with E-state index in [0.717, 1.165) is 16.5 Å². The first-order valence-corrected chi connectivity index (χ1v) is 8.49. The van der Waals surface area contributed by atoms with E-state index in [1.165, 1.54) is 11.8 Å². The van der Waals surface area contributed by atoms with Crippen molar-refractivity contribution in [1.82, 2.24) is 10.3 Å². The molecule has 0 fully saturated rings. The third kappa shape index (κ3) is 4.40. The van der Waals surface area contributed by atoms with Gasteiger partial charge in [0.1, 0.15) is 5.75 Å². The predicted molar refractivity (Wildman–Crippen MR) is 95.5 cm³/mol. The average molecular weight is 328 g/mol. The fourth-order valence-corrected chi connectivity index (χ4v) is 2.51. The Kier molecular flexibility index (Phi) is 5.17. The second-order valence-electron chi connectivity index (χ2n) is 5.81. The fraction of sp³-hybridized carbons (Fsp3) is 0.333. The number of nitrogens with one attached hydrogen (secondary N) is 1. The molecule has 2 aromatic rings. The second kappa shape index (κ2) is 6.93. The van der Waals surface area contributed by atoms with E-state index in [0.29, 0.717) is 5.75 Å². The van der Waals surface area contributed by atoms with Gasteiger partial charge in [0, 0.05) is 11.6 Å². The molecule has 0 aliphatic rings. The highest BCUT2D eigenvalue weighted by molar-refractivity contribution is 7.99. The number of thioether (sulfide) groups is 1. The summed E-state index contributed by atoms with van der Waals surface area (Å²) >= 11 is 1.31. The van der Waals surface area contributed by atoms with Crippen LogP contribution in [0.25, 0.3) is 10.9 Å². The van der Waals surface area contributed by atoms with Crippen LogP contribution in [0.15, 0.2) is 30.5 Å². The van der Waals surface area contributed by atoms with E-state index in [9.17, 15) is 4.79 Å². The van der Waals surface area contributed by atoms with Gasteiger partial charge in [-0.1, -0.05) is 5.92 Å². The number of terminal acetylenes is 1. The molecule has 1 heterocycles. The number of amides is 1. The second-order valence-corrected chi connectivity index (χ2v) is 6.71. The first kappa shape index (κ1) is 17.2. The minimum absolute atomic E-state index is 0.247. The summed E-state index contributed by atoms with van der Waals surface area (Å²) in [4.78, 5) is 16.7. The van der Waals surface area contributed by atoms with Crippen molar-refractivity contribution in [2.45, 2.75) is 31.7 Å². The average Bonchev–Trinajstić information content (AvgIpc) is 2.51. The maximum absolute atomic E-state index is 12.3. The number of nitrogens with zero attached hydrogens (tertiary/aromatic N) is 1. The molecule has 1 unspecified atom stereocenters. The Morgan fingerprint density at radius 1 is 1.43 bits per heavy atom. The van der Waals surface area contributed by atoms with Crippen molar-refractivity contribution < 1.29 is 9.53 Å². The lowest BCUT2D eigenvalue weighted by atomic mass is 10.1. The van der Waals surface area contributed by atoms with Crippen LogP contribution in [0.3, 0.4) is 0 Å². The monoisotopic (exact) mass is 328 g/mol. The highest BCUT2D eigenvalue weighted by Crippen LogP contribution is 2.23. The summed E-state index contributed by atoms with van der Waals surface area (Å²) in [5, 5.41) is 3.77. The van der Waals surface area contributed by atoms with Crippen molar-refractivity contribution in [1.29, 1.82) is 0 Å². The van der Waals surface area contributed by atoms with Crippen molar-refractivity contribution in [2.75, 3.05) is 6.26 Å². The van der Waals surface area contributed by atoms with E-state index in [4.69, 9.17) is 11.2 Å². The van der Waals surface area contributed by atoms with Crippen LogP contribution in [-0.2, 0) is 4.79 Å². The van der Waals surface area contributed by atoms with E-state index in [1.807, 2.05) is 43.6 Å². The predicted octanol–water partition coefficient (Wildman–Crippen LogP) is 3.14. The van der Waals surface area contributed by atoms with Crippen LogP contribution in [-0.4, -0.2) is 28.1 Å². The maximum atomic E-state index is 12.3. The largest absolute Gasteiger partial charge is 0.470 e. The first-order chi connectivity index (χ1) is 10.8. The summed E-state index contributed by atoms with van der Waals surface area (Å²) in [5.74, 6) is 2.92. The van der Waals surface area contributed by atoms with Crippen LogP contribution in [0.1, 0.15) is 19.4 Å². The molecule has 1 aromatic carbocycles. The van der Waals surface area contributed by atoms with Gasteiger partial charge in [0.15, 0.2) is 0 Å². The highest BCUT2D eigenvalue weighted by atomic mass is 32.2. The lowest BCUT2D eigenvalue weighted by molar-refractivity contribution is -0.125. The first-order valence-electron chi connectivity index (χ1n) is 7.20. The van der Waals surface area contributed by atoms with E-state index in [1.54, 1.807) is 13.8 Å². The lowest BCUT2D eigenvalue weighted by Crippen LogP contribution is -2.47. The van der Waals surface area contributed by atoms with Gasteiger partial charge in [-0.05, 0) is 56.9 Å².